The molecule has 1 fully saturated rings. The topological polar surface area (TPSA) is 6.48 Å². The first-order chi connectivity index (χ1) is 6.52. The Bertz CT molecular complexity index is 188. The van der Waals surface area contributed by atoms with E-state index in [0.29, 0.717) is 12.0 Å². The average Bonchev–Trinajstić information content (AvgIpc) is 2.16. The highest BCUT2D eigenvalue weighted by molar-refractivity contribution is 4.99. The second-order valence-electron chi connectivity index (χ2n) is 4.76. The second-order valence-corrected chi connectivity index (χ2v) is 4.76. The van der Waals surface area contributed by atoms with Crippen molar-refractivity contribution in [3.05, 3.63) is 12.3 Å². The summed E-state index contributed by atoms with van der Waals surface area (Å²) >= 11 is 0. The Balaban J connectivity index is 2.39. The number of hydrogen-bond acceptors (Lipinski definition) is 2. The summed E-state index contributed by atoms with van der Waals surface area (Å²) in [5.41, 5.74) is 1.30. The lowest BCUT2D eigenvalue weighted by Crippen LogP contribution is -2.48. The molecule has 0 saturated carbocycles. The fraction of sp³-hybridized carbons (Fsp3) is 0.833. The fourth-order valence-electron chi connectivity index (χ4n) is 1.89. The molecule has 14 heavy (non-hydrogen) atoms. The van der Waals surface area contributed by atoms with E-state index in [9.17, 15) is 0 Å². The van der Waals surface area contributed by atoms with Gasteiger partial charge in [0.05, 0.1) is 0 Å². The first-order valence-corrected chi connectivity index (χ1v) is 5.70. The van der Waals surface area contributed by atoms with Crippen molar-refractivity contribution in [2.45, 2.75) is 33.7 Å². The molecule has 1 saturated heterocycles. The molecule has 0 bridgehead atoms. The molecule has 1 heterocycles. The monoisotopic (exact) mass is 196 g/mol. The molecule has 1 aliphatic heterocycles. The van der Waals surface area contributed by atoms with E-state index in [1.54, 1.807) is 0 Å². The maximum absolute atomic E-state index is 4.16. The molecule has 0 N–H and O–H groups in total. The van der Waals surface area contributed by atoms with Crippen LogP contribution in [0.1, 0.15) is 27.7 Å². The lowest BCUT2D eigenvalue weighted by molar-refractivity contribution is 0.124. The number of nitrogens with zero attached hydrogens (tertiary/aromatic N) is 2. The molecule has 0 amide bonds. The van der Waals surface area contributed by atoms with E-state index in [1.807, 2.05) is 0 Å². The predicted octanol–water partition coefficient (Wildman–Crippen LogP) is 2.18. The molecular weight excluding hydrogens is 172 g/mol. The summed E-state index contributed by atoms with van der Waals surface area (Å²) in [6.45, 7) is 17.8. The van der Waals surface area contributed by atoms with Gasteiger partial charge in [0.2, 0.25) is 0 Å². The van der Waals surface area contributed by atoms with Crippen LogP contribution in [0.25, 0.3) is 0 Å². The summed E-state index contributed by atoms with van der Waals surface area (Å²) in [4.78, 5) is 4.97. The van der Waals surface area contributed by atoms with Crippen LogP contribution >= 0.6 is 0 Å². The first kappa shape index (κ1) is 11.6. The van der Waals surface area contributed by atoms with Crippen LogP contribution in [0.2, 0.25) is 0 Å². The second kappa shape index (κ2) is 4.83. The maximum atomic E-state index is 4.16. The Morgan fingerprint density at radius 1 is 1.00 bits per heavy atom. The number of hydrogen-bond donors (Lipinski definition) is 0. The Labute approximate surface area is 88.6 Å². The molecule has 2 heteroatoms. The molecule has 0 spiro atoms. The summed E-state index contributed by atoms with van der Waals surface area (Å²) in [5, 5.41) is 0. The molecule has 0 aromatic heterocycles. The van der Waals surface area contributed by atoms with E-state index >= 15 is 0 Å². The molecular formula is C12H24N2. The molecule has 0 unspecified atom stereocenters. The van der Waals surface area contributed by atoms with Gasteiger partial charge in [0.25, 0.3) is 0 Å². The van der Waals surface area contributed by atoms with Gasteiger partial charge in [-0.1, -0.05) is 20.4 Å². The third kappa shape index (κ3) is 2.74. The van der Waals surface area contributed by atoms with Crippen LogP contribution in [0, 0.1) is 5.92 Å². The smallest absolute Gasteiger partial charge is 0.0303 e. The van der Waals surface area contributed by atoms with E-state index in [-0.39, 0.29) is 0 Å². The normalized spacial score (nSPS) is 19.4. The summed E-state index contributed by atoms with van der Waals surface area (Å²) in [6.07, 6.45) is 0. The highest BCUT2D eigenvalue weighted by atomic mass is 15.3. The molecule has 2 nitrogen and oxygen atoms in total. The van der Waals surface area contributed by atoms with E-state index in [1.165, 1.54) is 18.8 Å². The van der Waals surface area contributed by atoms with Crippen LogP contribution in [0.4, 0.5) is 0 Å². The van der Waals surface area contributed by atoms with Crippen LogP contribution in [0.15, 0.2) is 12.3 Å². The van der Waals surface area contributed by atoms with Gasteiger partial charge in [0.15, 0.2) is 0 Å². The zero-order chi connectivity index (χ0) is 10.7. The van der Waals surface area contributed by atoms with Crippen LogP contribution in [0.5, 0.6) is 0 Å². The third-order valence-electron chi connectivity index (χ3n) is 3.12. The largest absolute Gasteiger partial charge is 0.373 e. The fourth-order valence-corrected chi connectivity index (χ4v) is 1.89. The Morgan fingerprint density at radius 3 is 1.86 bits per heavy atom. The standard InChI is InChI=1S/C12H24N2/c1-10(2)12(5)14-8-6-13(7-9-14)11(3)4/h10-11H,5-9H2,1-4H3. The molecule has 0 aromatic rings. The summed E-state index contributed by atoms with van der Waals surface area (Å²) < 4.78 is 0. The Morgan fingerprint density at radius 2 is 1.50 bits per heavy atom. The zero-order valence-electron chi connectivity index (χ0n) is 10.1. The van der Waals surface area contributed by atoms with Gasteiger partial charge in [0, 0.05) is 37.9 Å². The minimum atomic E-state index is 0.584. The average molecular weight is 196 g/mol. The van der Waals surface area contributed by atoms with E-state index in [2.05, 4.69) is 44.1 Å². The number of allylic oxidation sites excluding steroid dienone is 1. The van der Waals surface area contributed by atoms with E-state index < -0.39 is 0 Å². The van der Waals surface area contributed by atoms with Gasteiger partial charge in [-0.05, 0) is 19.8 Å². The van der Waals surface area contributed by atoms with Gasteiger partial charge < -0.3 is 4.90 Å². The molecule has 1 rings (SSSR count). The van der Waals surface area contributed by atoms with E-state index in [0.717, 1.165) is 13.1 Å². The molecule has 0 aromatic carbocycles. The van der Waals surface area contributed by atoms with Crippen molar-refractivity contribution in [2.75, 3.05) is 26.2 Å². The Hall–Kier alpha value is -0.500. The molecule has 82 valence electrons. The van der Waals surface area contributed by atoms with Crippen molar-refractivity contribution >= 4 is 0 Å². The zero-order valence-corrected chi connectivity index (χ0v) is 10.1. The summed E-state index contributed by atoms with van der Waals surface area (Å²) in [6, 6.07) is 0.685. The van der Waals surface area contributed by atoms with Crippen molar-refractivity contribution in [1.29, 1.82) is 0 Å². The van der Waals surface area contributed by atoms with Crippen molar-refractivity contribution in [2.24, 2.45) is 5.92 Å². The summed E-state index contributed by atoms with van der Waals surface area (Å²) in [5.74, 6) is 0.584. The lowest BCUT2D eigenvalue weighted by Gasteiger charge is -2.39. The van der Waals surface area contributed by atoms with Crippen molar-refractivity contribution in [3.8, 4) is 0 Å². The maximum Gasteiger partial charge on any atom is 0.0303 e. The lowest BCUT2D eigenvalue weighted by atomic mass is 10.1. The minimum Gasteiger partial charge on any atom is -0.373 e. The first-order valence-electron chi connectivity index (χ1n) is 5.70. The third-order valence-corrected chi connectivity index (χ3v) is 3.12. The molecule has 1 aliphatic rings. The van der Waals surface area contributed by atoms with Crippen molar-refractivity contribution < 1.29 is 0 Å². The highest BCUT2D eigenvalue weighted by Crippen LogP contribution is 2.16. The minimum absolute atomic E-state index is 0.584. The SMILES string of the molecule is C=C(C(C)C)N1CCN(C(C)C)CC1. The quantitative estimate of drug-likeness (QED) is 0.682. The van der Waals surface area contributed by atoms with Crippen LogP contribution in [-0.2, 0) is 0 Å². The van der Waals surface area contributed by atoms with Crippen LogP contribution < -0.4 is 0 Å². The van der Waals surface area contributed by atoms with E-state index in [4.69, 9.17) is 0 Å². The number of piperazine rings is 1. The van der Waals surface area contributed by atoms with Gasteiger partial charge in [-0.15, -0.1) is 0 Å². The molecule has 0 radical (unpaired) electrons. The van der Waals surface area contributed by atoms with Gasteiger partial charge in [-0.25, -0.2) is 0 Å². The predicted molar refractivity (Wildman–Crippen MR) is 62.3 cm³/mol. The number of rotatable bonds is 3. The highest BCUT2D eigenvalue weighted by Gasteiger charge is 2.20. The Kier molecular flexibility index (Phi) is 3.99. The van der Waals surface area contributed by atoms with Gasteiger partial charge in [-0.3, -0.25) is 4.90 Å². The molecule has 0 aliphatic carbocycles. The van der Waals surface area contributed by atoms with Crippen molar-refractivity contribution in [3.63, 3.8) is 0 Å². The van der Waals surface area contributed by atoms with Gasteiger partial charge in [0.1, 0.15) is 0 Å². The summed E-state index contributed by atoms with van der Waals surface area (Å²) in [7, 11) is 0. The van der Waals surface area contributed by atoms with Crippen LogP contribution in [0.3, 0.4) is 0 Å². The van der Waals surface area contributed by atoms with Crippen LogP contribution in [-0.4, -0.2) is 42.0 Å². The van der Waals surface area contributed by atoms with Gasteiger partial charge in [-0.2, -0.15) is 0 Å². The van der Waals surface area contributed by atoms with Gasteiger partial charge >= 0.3 is 0 Å². The van der Waals surface area contributed by atoms with Crippen molar-refractivity contribution in [1.82, 2.24) is 9.80 Å². The molecule has 0 atom stereocenters.